The van der Waals surface area contributed by atoms with Gasteiger partial charge in [0.05, 0.1) is 24.4 Å². The number of carbonyl (C=O) groups is 1. The largest absolute Gasteiger partial charge is 0.497 e. The number of hydrogen-bond donors (Lipinski definition) is 1. The number of ether oxygens (including phenoxy) is 1. The Hall–Kier alpha value is -2.95. The summed E-state index contributed by atoms with van der Waals surface area (Å²) in [6, 6.07) is 15.5. The second-order valence-corrected chi connectivity index (χ2v) is 5.42. The second kappa shape index (κ2) is 7.08. The number of benzene rings is 2. The fraction of sp³-hybridized carbons (Fsp3) is 0.211. The highest BCUT2D eigenvalue weighted by molar-refractivity contribution is 6.06. The Morgan fingerprint density at radius 2 is 1.83 bits per heavy atom. The van der Waals surface area contributed by atoms with Crippen LogP contribution in [0, 0.1) is 0 Å². The van der Waals surface area contributed by atoms with Gasteiger partial charge in [-0.25, -0.2) is 0 Å². The molecule has 0 atom stereocenters. The fourth-order valence-electron chi connectivity index (χ4n) is 2.69. The molecule has 1 amide bonds. The maximum atomic E-state index is 12.5. The first-order valence-corrected chi connectivity index (χ1v) is 7.78. The van der Waals surface area contributed by atoms with Gasteiger partial charge in [-0.2, -0.15) is 4.73 Å². The Kier molecular flexibility index (Phi) is 4.70. The van der Waals surface area contributed by atoms with Crippen LogP contribution in [0.15, 0.2) is 54.7 Å². The second-order valence-electron chi connectivity index (χ2n) is 5.42. The van der Waals surface area contributed by atoms with E-state index in [0.717, 1.165) is 28.6 Å². The van der Waals surface area contributed by atoms with Crippen LogP contribution in [-0.4, -0.2) is 31.4 Å². The molecule has 0 fully saturated rings. The van der Waals surface area contributed by atoms with E-state index in [2.05, 4.69) is 5.32 Å². The van der Waals surface area contributed by atoms with Gasteiger partial charge in [0.15, 0.2) is 0 Å². The molecular formula is C19H20N2O3. The van der Waals surface area contributed by atoms with Crippen molar-refractivity contribution in [1.29, 1.82) is 0 Å². The predicted octanol–water partition coefficient (Wildman–Crippen LogP) is 2.68. The third-order valence-corrected chi connectivity index (χ3v) is 3.98. The van der Waals surface area contributed by atoms with Gasteiger partial charge in [-0.3, -0.25) is 4.79 Å². The van der Waals surface area contributed by atoms with Crippen LogP contribution >= 0.6 is 0 Å². The molecule has 0 bridgehead atoms. The minimum absolute atomic E-state index is 0.101. The number of nitrogens with zero attached hydrogens (tertiary/aromatic N) is 1. The van der Waals surface area contributed by atoms with Crippen molar-refractivity contribution in [3.63, 3.8) is 0 Å². The van der Waals surface area contributed by atoms with Crippen LogP contribution in [0.5, 0.6) is 5.75 Å². The molecule has 124 valence electrons. The van der Waals surface area contributed by atoms with Crippen molar-refractivity contribution in [3.05, 3.63) is 65.9 Å². The maximum Gasteiger partial charge on any atom is 0.253 e. The summed E-state index contributed by atoms with van der Waals surface area (Å²) >= 11 is 0. The van der Waals surface area contributed by atoms with E-state index in [1.54, 1.807) is 25.1 Å². The molecule has 0 saturated carbocycles. The summed E-state index contributed by atoms with van der Waals surface area (Å²) in [5.41, 5.74) is 2.64. The fourth-order valence-corrected chi connectivity index (χ4v) is 2.69. The van der Waals surface area contributed by atoms with Crippen LogP contribution in [0.3, 0.4) is 0 Å². The molecule has 0 aliphatic heterocycles. The molecule has 0 unspecified atom stereocenters. The lowest BCUT2D eigenvalue weighted by molar-refractivity contribution is 0.0953. The van der Waals surface area contributed by atoms with E-state index in [4.69, 9.17) is 9.57 Å². The zero-order valence-electron chi connectivity index (χ0n) is 13.8. The number of amides is 1. The van der Waals surface area contributed by atoms with Gasteiger partial charge in [0, 0.05) is 11.9 Å². The van der Waals surface area contributed by atoms with Crippen molar-refractivity contribution in [3.8, 4) is 5.75 Å². The summed E-state index contributed by atoms with van der Waals surface area (Å²) in [4.78, 5) is 17.8. The van der Waals surface area contributed by atoms with Gasteiger partial charge in [-0.15, -0.1) is 0 Å². The average molecular weight is 324 g/mol. The summed E-state index contributed by atoms with van der Waals surface area (Å²) < 4.78 is 6.74. The number of rotatable bonds is 6. The third kappa shape index (κ3) is 3.20. The lowest BCUT2D eigenvalue weighted by Gasteiger charge is -2.05. The van der Waals surface area contributed by atoms with Crippen molar-refractivity contribution < 1.29 is 14.4 Å². The molecule has 5 nitrogen and oxygen atoms in total. The molecule has 3 aromatic rings. The monoisotopic (exact) mass is 324 g/mol. The van der Waals surface area contributed by atoms with E-state index < -0.39 is 0 Å². The summed E-state index contributed by atoms with van der Waals surface area (Å²) in [7, 11) is 3.23. The number of hydrogen-bond acceptors (Lipinski definition) is 3. The first-order valence-electron chi connectivity index (χ1n) is 7.78. The first kappa shape index (κ1) is 15.9. The van der Waals surface area contributed by atoms with E-state index in [-0.39, 0.29) is 5.91 Å². The predicted molar refractivity (Wildman–Crippen MR) is 93.5 cm³/mol. The molecule has 0 saturated heterocycles. The van der Waals surface area contributed by atoms with Gasteiger partial charge in [0.2, 0.25) is 0 Å². The summed E-state index contributed by atoms with van der Waals surface area (Å²) in [5.74, 6) is 0.727. The molecule has 1 aromatic heterocycles. The van der Waals surface area contributed by atoms with Crippen LogP contribution in [0.4, 0.5) is 0 Å². The average Bonchev–Trinajstić information content (AvgIpc) is 3.01. The zero-order chi connectivity index (χ0) is 16.9. The van der Waals surface area contributed by atoms with E-state index in [0.29, 0.717) is 12.1 Å². The molecule has 24 heavy (non-hydrogen) atoms. The minimum Gasteiger partial charge on any atom is -0.497 e. The van der Waals surface area contributed by atoms with Crippen LogP contribution in [-0.2, 0) is 6.42 Å². The van der Waals surface area contributed by atoms with Crippen molar-refractivity contribution in [2.75, 3.05) is 20.8 Å². The maximum absolute atomic E-state index is 12.5. The molecule has 1 heterocycles. The Morgan fingerprint density at radius 3 is 2.54 bits per heavy atom. The van der Waals surface area contributed by atoms with E-state index in [1.165, 1.54) is 0 Å². The normalized spacial score (nSPS) is 10.6. The van der Waals surface area contributed by atoms with E-state index in [9.17, 15) is 4.79 Å². The summed E-state index contributed by atoms with van der Waals surface area (Å²) in [6.45, 7) is 0.567. The summed E-state index contributed by atoms with van der Waals surface area (Å²) in [5, 5.41) is 3.84. The van der Waals surface area contributed by atoms with Crippen LogP contribution < -0.4 is 14.9 Å². The highest BCUT2D eigenvalue weighted by Crippen LogP contribution is 2.20. The number of carbonyl (C=O) groups excluding carboxylic acids is 1. The van der Waals surface area contributed by atoms with Crippen LogP contribution in [0.1, 0.15) is 15.9 Å². The molecule has 5 heteroatoms. The summed E-state index contributed by atoms with van der Waals surface area (Å²) in [6.07, 6.45) is 2.48. The molecule has 0 aliphatic rings. The van der Waals surface area contributed by atoms with Crippen molar-refractivity contribution in [2.45, 2.75) is 6.42 Å². The van der Waals surface area contributed by atoms with Crippen LogP contribution in [0.25, 0.3) is 10.9 Å². The smallest absolute Gasteiger partial charge is 0.253 e. The molecular weight excluding hydrogens is 304 g/mol. The number of para-hydroxylation sites is 1. The Morgan fingerprint density at radius 1 is 1.08 bits per heavy atom. The molecule has 3 rings (SSSR count). The zero-order valence-corrected chi connectivity index (χ0v) is 13.8. The molecule has 0 aliphatic carbocycles. The van der Waals surface area contributed by atoms with E-state index >= 15 is 0 Å². The molecule has 0 spiro atoms. The number of methoxy groups -OCH3 is 1. The minimum atomic E-state index is -0.101. The molecule has 1 N–H and O–H groups in total. The highest BCUT2D eigenvalue weighted by Gasteiger charge is 2.14. The van der Waals surface area contributed by atoms with Gasteiger partial charge in [-0.05, 0) is 30.2 Å². The van der Waals surface area contributed by atoms with Crippen molar-refractivity contribution in [1.82, 2.24) is 10.0 Å². The van der Waals surface area contributed by atoms with Gasteiger partial charge < -0.3 is 14.9 Å². The molecule has 0 radical (unpaired) electrons. The third-order valence-electron chi connectivity index (χ3n) is 3.98. The van der Waals surface area contributed by atoms with Crippen molar-refractivity contribution in [2.24, 2.45) is 0 Å². The van der Waals surface area contributed by atoms with Crippen LogP contribution in [0.2, 0.25) is 0 Å². The number of fused-ring (bicyclic) bond motifs is 1. The highest BCUT2D eigenvalue weighted by atomic mass is 16.6. The van der Waals surface area contributed by atoms with Gasteiger partial charge in [0.1, 0.15) is 12.9 Å². The standard InChI is InChI=1S/C19H20N2O3/c1-23-15-9-7-14(8-10-15)11-12-20-19(22)17-13-21(24-2)18-6-4-3-5-16(17)18/h3-10,13H,11-12H2,1-2H3,(H,20,22). The first-order chi connectivity index (χ1) is 11.7. The van der Waals surface area contributed by atoms with Gasteiger partial charge in [-0.1, -0.05) is 30.3 Å². The Labute approximate surface area is 140 Å². The molecule has 2 aromatic carbocycles. The topological polar surface area (TPSA) is 52.5 Å². The van der Waals surface area contributed by atoms with Gasteiger partial charge in [0.25, 0.3) is 5.91 Å². The number of nitrogens with one attached hydrogen (secondary N) is 1. The lowest BCUT2D eigenvalue weighted by atomic mass is 10.1. The van der Waals surface area contributed by atoms with Crippen molar-refractivity contribution >= 4 is 16.8 Å². The van der Waals surface area contributed by atoms with E-state index in [1.807, 2.05) is 48.5 Å². The lowest BCUT2D eigenvalue weighted by Crippen LogP contribution is -2.25. The SMILES string of the molecule is COc1ccc(CCNC(=O)c2cn(OC)c3ccccc23)cc1. The van der Waals surface area contributed by atoms with Gasteiger partial charge >= 0.3 is 0 Å². The quantitative estimate of drug-likeness (QED) is 0.758. The number of aromatic nitrogens is 1. The Bertz CT molecular complexity index is 837. The Balaban J connectivity index is 1.67.